The van der Waals surface area contributed by atoms with Gasteiger partial charge in [-0.1, -0.05) is 0 Å². The molecular formula is C17H25N3O3. The lowest BCUT2D eigenvalue weighted by atomic mass is 9.78. The highest BCUT2D eigenvalue weighted by Crippen LogP contribution is 2.40. The topological polar surface area (TPSA) is 54.8 Å². The third-order valence-electron chi connectivity index (χ3n) is 5.19. The van der Waals surface area contributed by atoms with Gasteiger partial charge in [-0.25, -0.2) is 0 Å². The average Bonchev–Trinajstić information content (AvgIpc) is 3.16. The molecule has 0 unspecified atom stereocenters. The standard InChI is InChI=1S/C17H25N3O3/c1-18-8-3-5-14(18)15(21)20-10-7-17(13-20)6-4-9-19(16(17)22)11-12-23-2/h3,5,8H,4,6-7,9-13H2,1-2H3/t17-/m0/s1. The van der Waals surface area contributed by atoms with Crippen molar-refractivity contribution in [3.05, 3.63) is 24.0 Å². The van der Waals surface area contributed by atoms with Crippen LogP contribution in [0.3, 0.4) is 0 Å². The van der Waals surface area contributed by atoms with E-state index < -0.39 is 0 Å². The molecule has 1 spiro atoms. The van der Waals surface area contributed by atoms with Gasteiger partial charge in [0.2, 0.25) is 5.91 Å². The Morgan fingerprint density at radius 3 is 2.87 bits per heavy atom. The molecule has 3 rings (SSSR count). The largest absolute Gasteiger partial charge is 0.383 e. The van der Waals surface area contributed by atoms with Gasteiger partial charge in [0, 0.05) is 46.5 Å². The molecule has 0 radical (unpaired) electrons. The Kier molecular flexibility index (Phi) is 4.43. The molecule has 2 fully saturated rings. The van der Waals surface area contributed by atoms with Crippen LogP contribution in [-0.2, 0) is 16.6 Å². The predicted octanol–water partition coefficient (Wildman–Crippen LogP) is 1.13. The van der Waals surface area contributed by atoms with E-state index in [0.717, 1.165) is 25.8 Å². The first kappa shape index (κ1) is 16.1. The van der Waals surface area contributed by atoms with Crippen molar-refractivity contribution < 1.29 is 14.3 Å². The third-order valence-corrected chi connectivity index (χ3v) is 5.19. The summed E-state index contributed by atoms with van der Waals surface area (Å²) in [6, 6.07) is 3.71. The van der Waals surface area contributed by atoms with E-state index in [1.807, 2.05) is 39.7 Å². The maximum Gasteiger partial charge on any atom is 0.270 e. The zero-order valence-corrected chi connectivity index (χ0v) is 14.0. The zero-order valence-electron chi connectivity index (χ0n) is 14.0. The number of hydrogen-bond donors (Lipinski definition) is 0. The second-order valence-electron chi connectivity index (χ2n) is 6.65. The molecular weight excluding hydrogens is 294 g/mol. The zero-order chi connectivity index (χ0) is 16.4. The number of carbonyl (C=O) groups excluding carboxylic acids is 2. The minimum Gasteiger partial charge on any atom is -0.383 e. The van der Waals surface area contributed by atoms with Gasteiger partial charge in [0.1, 0.15) is 5.69 Å². The van der Waals surface area contributed by atoms with E-state index >= 15 is 0 Å². The van der Waals surface area contributed by atoms with E-state index in [-0.39, 0.29) is 17.2 Å². The highest BCUT2D eigenvalue weighted by atomic mass is 16.5. The Morgan fingerprint density at radius 1 is 1.35 bits per heavy atom. The molecule has 0 saturated carbocycles. The molecule has 2 aliphatic rings. The summed E-state index contributed by atoms with van der Waals surface area (Å²) in [5, 5.41) is 0. The van der Waals surface area contributed by atoms with Crippen molar-refractivity contribution in [3.63, 3.8) is 0 Å². The summed E-state index contributed by atoms with van der Waals surface area (Å²) in [6.45, 7) is 3.21. The second kappa shape index (κ2) is 6.35. The van der Waals surface area contributed by atoms with Crippen molar-refractivity contribution in [2.24, 2.45) is 12.5 Å². The molecule has 6 heteroatoms. The Hall–Kier alpha value is -1.82. The van der Waals surface area contributed by atoms with Crippen LogP contribution in [0.2, 0.25) is 0 Å². The summed E-state index contributed by atoms with van der Waals surface area (Å²) in [4.78, 5) is 29.3. The van der Waals surface area contributed by atoms with Crippen LogP contribution < -0.4 is 0 Å². The van der Waals surface area contributed by atoms with Crippen LogP contribution in [0.1, 0.15) is 29.8 Å². The average molecular weight is 319 g/mol. The number of hydrogen-bond acceptors (Lipinski definition) is 3. The fourth-order valence-electron chi connectivity index (χ4n) is 3.84. The maximum atomic E-state index is 12.9. The van der Waals surface area contributed by atoms with Crippen LogP contribution in [-0.4, -0.2) is 66.1 Å². The first-order chi connectivity index (χ1) is 11.1. The fraction of sp³-hybridized carbons (Fsp3) is 0.647. The van der Waals surface area contributed by atoms with Crippen LogP contribution in [0.4, 0.5) is 0 Å². The minimum absolute atomic E-state index is 0.0242. The van der Waals surface area contributed by atoms with Crippen molar-refractivity contribution in [2.45, 2.75) is 19.3 Å². The molecule has 1 aromatic heterocycles. The summed E-state index contributed by atoms with van der Waals surface area (Å²) in [7, 11) is 3.53. The van der Waals surface area contributed by atoms with E-state index in [1.165, 1.54) is 0 Å². The monoisotopic (exact) mass is 319 g/mol. The number of methoxy groups -OCH3 is 1. The smallest absolute Gasteiger partial charge is 0.270 e. The number of carbonyl (C=O) groups is 2. The second-order valence-corrected chi connectivity index (χ2v) is 6.65. The minimum atomic E-state index is -0.382. The van der Waals surface area contributed by atoms with Crippen LogP contribution >= 0.6 is 0 Å². The van der Waals surface area contributed by atoms with Crippen LogP contribution in [0.5, 0.6) is 0 Å². The number of aryl methyl sites for hydroxylation is 1. The molecule has 3 heterocycles. The van der Waals surface area contributed by atoms with Gasteiger partial charge in [0.05, 0.1) is 12.0 Å². The van der Waals surface area contributed by atoms with Crippen LogP contribution in [0.15, 0.2) is 18.3 Å². The first-order valence-corrected chi connectivity index (χ1v) is 8.26. The lowest BCUT2D eigenvalue weighted by molar-refractivity contribution is -0.146. The van der Waals surface area contributed by atoms with Crippen molar-refractivity contribution in [3.8, 4) is 0 Å². The third kappa shape index (κ3) is 2.87. The number of ether oxygens (including phenoxy) is 1. The molecule has 2 saturated heterocycles. The molecule has 0 bridgehead atoms. The number of nitrogens with zero attached hydrogens (tertiary/aromatic N) is 3. The maximum absolute atomic E-state index is 12.9. The lowest BCUT2D eigenvalue weighted by Gasteiger charge is -2.39. The number of piperidine rings is 1. The highest BCUT2D eigenvalue weighted by molar-refractivity contribution is 5.94. The summed E-state index contributed by atoms with van der Waals surface area (Å²) in [5.74, 6) is 0.221. The van der Waals surface area contributed by atoms with Gasteiger partial charge < -0.3 is 19.1 Å². The Morgan fingerprint density at radius 2 is 2.17 bits per heavy atom. The molecule has 1 atom stereocenters. The summed E-state index contributed by atoms with van der Waals surface area (Å²) >= 11 is 0. The molecule has 0 aromatic carbocycles. The lowest BCUT2D eigenvalue weighted by Crippen LogP contribution is -2.51. The normalized spacial score (nSPS) is 24.7. The van der Waals surface area contributed by atoms with Crippen LogP contribution in [0, 0.1) is 5.41 Å². The van der Waals surface area contributed by atoms with Gasteiger partial charge in [-0.05, 0) is 31.4 Å². The first-order valence-electron chi connectivity index (χ1n) is 8.26. The number of rotatable bonds is 4. The van der Waals surface area contributed by atoms with E-state index in [4.69, 9.17) is 4.74 Å². The van der Waals surface area contributed by atoms with E-state index in [0.29, 0.717) is 31.9 Å². The Bertz CT molecular complexity index is 598. The fourth-order valence-corrected chi connectivity index (χ4v) is 3.84. The van der Waals surface area contributed by atoms with E-state index in [2.05, 4.69) is 0 Å². The van der Waals surface area contributed by atoms with E-state index in [1.54, 1.807) is 7.11 Å². The summed E-state index contributed by atoms with van der Waals surface area (Å²) < 4.78 is 6.94. The molecule has 1 aromatic rings. The molecule has 0 N–H and O–H groups in total. The molecule has 2 amide bonds. The number of amides is 2. The molecule has 23 heavy (non-hydrogen) atoms. The van der Waals surface area contributed by atoms with Crippen molar-refractivity contribution in [1.82, 2.24) is 14.4 Å². The van der Waals surface area contributed by atoms with Crippen LogP contribution in [0.25, 0.3) is 0 Å². The van der Waals surface area contributed by atoms with Crippen molar-refractivity contribution in [2.75, 3.05) is 39.9 Å². The summed E-state index contributed by atoms with van der Waals surface area (Å²) in [5.41, 5.74) is 0.300. The van der Waals surface area contributed by atoms with Crippen molar-refractivity contribution >= 4 is 11.8 Å². The number of likely N-dealkylation sites (tertiary alicyclic amines) is 2. The Balaban J connectivity index is 1.71. The predicted molar refractivity (Wildman–Crippen MR) is 86.1 cm³/mol. The van der Waals surface area contributed by atoms with Gasteiger partial charge in [0.15, 0.2) is 0 Å². The van der Waals surface area contributed by atoms with Crippen molar-refractivity contribution in [1.29, 1.82) is 0 Å². The van der Waals surface area contributed by atoms with E-state index in [9.17, 15) is 9.59 Å². The molecule has 2 aliphatic heterocycles. The van der Waals surface area contributed by atoms with Gasteiger partial charge >= 0.3 is 0 Å². The molecule has 0 aliphatic carbocycles. The quantitative estimate of drug-likeness (QED) is 0.836. The van der Waals surface area contributed by atoms with Gasteiger partial charge in [-0.15, -0.1) is 0 Å². The number of aromatic nitrogens is 1. The Labute approximate surface area is 137 Å². The SMILES string of the molecule is COCCN1CCC[C@@]2(CCN(C(=O)c3cccn3C)C2)C1=O. The molecule has 6 nitrogen and oxygen atoms in total. The summed E-state index contributed by atoms with van der Waals surface area (Å²) in [6.07, 6.45) is 4.52. The molecule has 126 valence electrons. The van der Waals surface area contributed by atoms with Gasteiger partial charge in [0.25, 0.3) is 5.91 Å². The highest BCUT2D eigenvalue weighted by Gasteiger charge is 2.49. The van der Waals surface area contributed by atoms with Gasteiger partial charge in [-0.2, -0.15) is 0 Å². The van der Waals surface area contributed by atoms with Gasteiger partial charge in [-0.3, -0.25) is 9.59 Å².